The molecule has 0 spiro atoms. The summed E-state index contributed by atoms with van der Waals surface area (Å²) >= 11 is 0. The molecule has 0 N–H and O–H groups in total. The quantitative estimate of drug-likeness (QED) is 0.288. The summed E-state index contributed by atoms with van der Waals surface area (Å²) in [7, 11) is 0.566. The molecule has 1 aromatic carbocycles. The molecule has 2 atom stereocenters. The first-order chi connectivity index (χ1) is 18.7. The van der Waals surface area contributed by atoms with Crippen LogP contribution in [0.2, 0.25) is 0 Å². The highest BCUT2D eigenvalue weighted by molar-refractivity contribution is 7.91. The van der Waals surface area contributed by atoms with Crippen molar-refractivity contribution in [1.82, 2.24) is 24.7 Å². The third-order valence-corrected chi connectivity index (χ3v) is 8.31. The van der Waals surface area contributed by atoms with Crippen molar-refractivity contribution in [2.24, 2.45) is 0 Å². The molecule has 4 aromatic rings. The third kappa shape index (κ3) is 5.59. The largest absolute Gasteiger partial charge is 0.494 e. The van der Waals surface area contributed by atoms with Crippen LogP contribution < -0.4 is 9.47 Å². The molecule has 0 fully saturated rings. The van der Waals surface area contributed by atoms with Gasteiger partial charge in [-0.25, -0.2) is 8.42 Å². The fourth-order valence-corrected chi connectivity index (χ4v) is 5.69. The topological polar surface area (TPSA) is 142 Å². The Kier molecular flexibility index (Phi) is 8.23. The second-order valence-electron chi connectivity index (χ2n) is 8.79. The second-order valence-corrected chi connectivity index (χ2v) is 11.1. The fraction of sp³-hybridized carbons (Fsp3) is 0.296. The molecular weight excluding hydrogens is 520 g/mol. The Hall–Kier alpha value is -4.34. The smallest absolute Gasteiger partial charge is 0.170 e. The van der Waals surface area contributed by atoms with E-state index in [1.54, 1.807) is 54.2 Å². The van der Waals surface area contributed by atoms with Gasteiger partial charge in [0.2, 0.25) is 0 Å². The summed E-state index contributed by atoms with van der Waals surface area (Å²) in [6.07, 6.45) is 3.85. The van der Waals surface area contributed by atoms with Gasteiger partial charge in [0.05, 0.1) is 30.7 Å². The van der Waals surface area contributed by atoms with Gasteiger partial charge in [0.1, 0.15) is 35.1 Å². The Labute approximate surface area is 227 Å². The van der Waals surface area contributed by atoms with E-state index in [4.69, 9.17) is 19.5 Å². The summed E-state index contributed by atoms with van der Waals surface area (Å²) in [6, 6.07) is 12.3. The number of pyridine rings is 2. The van der Waals surface area contributed by atoms with Crippen LogP contribution in [0, 0.1) is 18.3 Å². The van der Waals surface area contributed by atoms with Crippen molar-refractivity contribution < 1.29 is 22.6 Å². The molecule has 39 heavy (non-hydrogen) atoms. The van der Waals surface area contributed by atoms with E-state index in [0.717, 1.165) is 5.56 Å². The predicted octanol–water partition coefficient (Wildman–Crippen LogP) is 3.61. The lowest BCUT2D eigenvalue weighted by molar-refractivity contribution is 0.0987. The van der Waals surface area contributed by atoms with E-state index in [1.165, 1.54) is 27.5 Å². The van der Waals surface area contributed by atoms with Crippen molar-refractivity contribution in [2.75, 3.05) is 21.3 Å². The molecule has 0 bridgehead atoms. The van der Waals surface area contributed by atoms with Crippen LogP contribution in [0.4, 0.5) is 0 Å². The van der Waals surface area contributed by atoms with Crippen molar-refractivity contribution in [3.8, 4) is 34.6 Å². The minimum Gasteiger partial charge on any atom is -0.494 e. The molecular formula is C27H28N6O5S. The van der Waals surface area contributed by atoms with Gasteiger partial charge in [0.25, 0.3) is 0 Å². The van der Waals surface area contributed by atoms with Crippen molar-refractivity contribution in [2.45, 2.75) is 31.0 Å². The number of hydrogen-bond acceptors (Lipinski definition) is 10. The molecule has 0 aliphatic heterocycles. The first-order valence-corrected chi connectivity index (χ1v) is 13.6. The van der Waals surface area contributed by atoms with Gasteiger partial charge in [-0.3, -0.25) is 14.5 Å². The molecule has 3 heterocycles. The van der Waals surface area contributed by atoms with Crippen LogP contribution in [0.3, 0.4) is 0 Å². The van der Waals surface area contributed by atoms with E-state index in [9.17, 15) is 8.42 Å². The summed E-state index contributed by atoms with van der Waals surface area (Å²) in [5.74, 6) is 0.962. The molecule has 0 radical (unpaired) electrons. The molecule has 3 aromatic heterocycles. The molecule has 12 heteroatoms. The van der Waals surface area contributed by atoms with Gasteiger partial charge in [-0.2, -0.15) is 5.26 Å². The Morgan fingerprint density at radius 1 is 1.03 bits per heavy atom. The number of aryl methyl sites for hydroxylation is 1. The number of hydrogen-bond donors (Lipinski definition) is 0. The van der Waals surface area contributed by atoms with Crippen molar-refractivity contribution >= 4 is 9.84 Å². The number of nitriles is 1. The average Bonchev–Trinajstić information content (AvgIpc) is 3.35. The number of rotatable bonds is 10. The maximum atomic E-state index is 13.8. The summed E-state index contributed by atoms with van der Waals surface area (Å²) in [5.41, 5.74) is 2.76. The van der Waals surface area contributed by atoms with E-state index in [1.807, 2.05) is 19.1 Å². The molecule has 0 aliphatic rings. The first kappa shape index (κ1) is 27.7. The standard InChI is InChI=1S/C27H28N6O5S/c1-17-11-20(15-29-13-17)27-32-31-24(33(27)25-22(36-3)7-6-8-23(25)37-4)16-39(34,35)18(2)26(38-5)21-10-9-19(12-28)14-30-21/h6-11,13-15,18,26H,16H2,1-5H3/t18-,26+/m0/s1. The molecule has 0 saturated carbocycles. The second kappa shape index (κ2) is 11.6. The lowest BCUT2D eigenvalue weighted by Crippen LogP contribution is -2.29. The van der Waals surface area contributed by atoms with E-state index in [0.29, 0.717) is 39.8 Å². The summed E-state index contributed by atoms with van der Waals surface area (Å²) in [5, 5.41) is 16.7. The van der Waals surface area contributed by atoms with E-state index in [-0.39, 0.29) is 5.82 Å². The highest BCUT2D eigenvalue weighted by Crippen LogP contribution is 2.37. The Morgan fingerprint density at radius 3 is 2.31 bits per heavy atom. The van der Waals surface area contributed by atoms with Crippen LogP contribution in [0.1, 0.15) is 35.7 Å². The Bertz CT molecular complexity index is 1590. The summed E-state index contributed by atoms with van der Waals surface area (Å²) < 4.78 is 46.0. The van der Waals surface area contributed by atoms with E-state index >= 15 is 0 Å². The van der Waals surface area contributed by atoms with Gasteiger partial charge in [-0.1, -0.05) is 6.07 Å². The number of benzene rings is 1. The van der Waals surface area contributed by atoms with Gasteiger partial charge >= 0.3 is 0 Å². The Balaban J connectivity index is 1.83. The zero-order chi connectivity index (χ0) is 28.2. The highest BCUT2D eigenvalue weighted by atomic mass is 32.2. The maximum Gasteiger partial charge on any atom is 0.170 e. The molecule has 0 unspecified atom stereocenters. The van der Waals surface area contributed by atoms with Gasteiger partial charge in [0, 0.05) is 31.3 Å². The average molecular weight is 549 g/mol. The number of methoxy groups -OCH3 is 3. The Morgan fingerprint density at radius 2 is 1.74 bits per heavy atom. The van der Waals surface area contributed by atoms with E-state index < -0.39 is 26.9 Å². The monoisotopic (exact) mass is 548 g/mol. The predicted molar refractivity (Wildman–Crippen MR) is 143 cm³/mol. The van der Waals surface area contributed by atoms with Crippen molar-refractivity contribution in [3.05, 3.63) is 77.6 Å². The number of ether oxygens (including phenoxy) is 3. The zero-order valence-corrected chi connectivity index (χ0v) is 23.0. The number of para-hydroxylation sites is 1. The number of sulfone groups is 1. The van der Waals surface area contributed by atoms with Crippen LogP contribution in [-0.2, 0) is 20.3 Å². The van der Waals surface area contributed by atoms with Gasteiger partial charge in [-0.15, -0.1) is 10.2 Å². The molecule has 0 aliphatic carbocycles. The summed E-state index contributed by atoms with van der Waals surface area (Å²) in [6.45, 7) is 3.45. The van der Waals surface area contributed by atoms with Crippen LogP contribution in [0.25, 0.3) is 17.1 Å². The first-order valence-electron chi connectivity index (χ1n) is 11.9. The molecule has 11 nitrogen and oxygen atoms in total. The molecule has 202 valence electrons. The minimum atomic E-state index is -3.89. The number of aromatic nitrogens is 5. The number of nitrogens with zero attached hydrogens (tertiary/aromatic N) is 6. The molecule has 4 rings (SSSR count). The summed E-state index contributed by atoms with van der Waals surface area (Å²) in [4.78, 5) is 8.51. The van der Waals surface area contributed by atoms with Crippen LogP contribution in [0.5, 0.6) is 11.5 Å². The lowest BCUT2D eigenvalue weighted by Gasteiger charge is -2.23. The normalized spacial score (nSPS) is 12.9. The van der Waals surface area contributed by atoms with Gasteiger partial charge in [-0.05, 0) is 49.7 Å². The third-order valence-electron chi connectivity index (χ3n) is 6.27. The van der Waals surface area contributed by atoms with E-state index in [2.05, 4.69) is 20.2 Å². The zero-order valence-electron chi connectivity index (χ0n) is 22.2. The maximum absolute atomic E-state index is 13.8. The minimum absolute atomic E-state index is 0.156. The van der Waals surface area contributed by atoms with Gasteiger partial charge in [0.15, 0.2) is 21.5 Å². The fourth-order valence-electron chi connectivity index (χ4n) is 4.25. The molecule has 0 amide bonds. The van der Waals surface area contributed by atoms with Crippen LogP contribution in [0.15, 0.2) is 55.0 Å². The van der Waals surface area contributed by atoms with Crippen LogP contribution >= 0.6 is 0 Å². The van der Waals surface area contributed by atoms with Crippen molar-refractivity contribution in [3.63, 3.8) is 0 Å². The molecule has 0 saturated heterocycles. The van der Waals surface area contributed by atoms with Gasteiger partial charge < -0.3 is 14.2 Å². The highest BCUT2D eigenvalue weighted by Gasteiger charge is 2.34. The SMILES string of the molecule is COc1cccc(OC)c1-n1c(CS(=O)(=O)[C@@H](C)[C@@H](OC)c2ccc(C#N)cn2)nnc1-c1cncc(C)c1. The lowest BCUT2D eigenvalue weighted by atomic mass is 10.1. The van der Waals surface area contributed by atoms with Crippen molar-refractivity contribution in [1.29, 1.82) is 5.26 Å². The van der Waals surface area contributed by atoms with Crippen LogP contribution in [-0.4, -0.2) is 59.7 Å².